The second-order valence-electron chi connectivity index (χ2n) is 6.15. The SMILES string of the molecule is Cc1cc(=O)c(C(=O)NC2CCCCC2(C)C)c[nH]1. The van der Waals surface area contributed by atoms with E-state index in [1.165, 1.54) is 18.7 Å². The van der Waals surface area contributed by atoms with Gasteiger partial charge in [0.2, 0.25) is 0 Å². The topological polar surface area (TPSA) is 62.0 Å². The number of hydrogen-bond acceptors (Lipinski definition) is 2. The van der Waals surface area contributed by atoms with Crippen LogP contribution in [0.1, 0.15) is 55.6 Å². The maximum absolute atomic E-state index is 12.2. The van der Waals surface area contributed by atoms with Crippen molar-refractivity contribution in [3.8, 4) is 0 Å². The molecule has 1 aromatic rings. The molecule has 4 nitrogen and oxygen atoms in total. The van der Waals surface area contributed by atoms with Gasteiger partial charge >= 0.3 is 0 Å². The van der Waals surface area contributed by atoms with Crippen molar-refractivity contribution in [3.63, 3.8) is 0 Å². The summed E-state index contributed by atoms with van der Waals surface area (Å²) in [5.41, 5.74) is 0.847. The highest BCUT2D eigenvalue weighted by Gasteiger charge is 2.33. The van der Waals surface area contributed by atoms with Gasteiger partial charge in [-0.05, 0) is 25.2 Å². The lowest BCUT2D eigenvalue weighted by Gasteiger charge is -2.39. The van der Waals surface area contributed by atoms with E-state index in [2.05, 4.69) is 24.1 Å². The standard InChI is InChI=1S/C15H22N2O2/c1-10-8-12(18)11(9-16-10)14(19)17-13-6-4-5-7-15(13,2)3/h8-9,13H,4-7H2,1-3H3,(H,16,18)(H,17,19). The number of carbonyl (C=O) groups excluding carboxylic acids is 1. The molecule has 2 N–H and O–H groups in total. The molecule has 1 saturated carbocycles. The molecule has 1 heterocycles. The number of carbonyl (C=O) groups is 1. The molecule has 1 fully saturated rings. The minimum atomic E-state index is -0.263. The molecule has 1 amide bonds. The van der Waals surface area contributed by atoms with Gasteiger partial charge < -0.3 is 10.3 Å². The summed E-state index contributed by atoms with van der Waals surface area (Å²) in [6, 6.07) is 1.61. The zero-order valence-corrected chi connectivity index (χ0v) is 11.9. The third-order valence-corrected chi connectivity index (χ3v) is 4.11. The maximum Gasteiger partial charge on any atom is 0.256 e. The Morgan fingerprint density at radius 1 is 1.42 bits per heavy atom. The Kier molecular flexibility index (Phi) is 3.78. The van der Waals surface area contributed by atoms with Crippen LogP contribution in [0.15, 0.2) is 17.1 Å². The van der Waals surface area contributed by atoms with Crippen molar-refractivity contribution in [1.29, 1.82) is 0 Å². The molecule has 0 spiro atoms. The average molecular weight is 262 g/mol. The van der Waals surface area contributed by atoms with E-state index in [4.69, 9.17) is 0 Å². The van der Waals surface area contributed by atoms with Gasteiger partial charge in [0.05, 0.1) is 0 Å². The predicted octanol–water partition coefficient (Wildman–Crippen LogP) is 2.38. The second-order valence-corrected chi connectivity index (χ2v) is 6.15. The predicted molar refractivity (Wildman–Crippen MR) is 75.3 cm³/mol. The van der Waals surface area contributed by atoms with Gasteiger partial charge in [-0.2, -0.15) is 0 Å². The Morgan fingerprint density at radius 3 is 2.79 bits per heavy atom. The van der Waals surface area contributed by atoms with Crippen molar-refractivity contribution in [2.75, 3.05) is 0 Å². The smallest absolute Gasteiger partial charge is 0.256 e. The first-order valence-corrected chi connectivity index (χ1v) is 6.90. The summed E-state index contributed by atoms with van der Waals surface area (Å²) in [6.45, 7) is 6.15. The van der Waals surface area contributed by atoms with Gasteiger partial charge in [-0.15, -0.1) is 0 Å². The zero-order chi connectivity index (χ0) is 14.0. The van der Waals surface area contributed by atoms with E-state index < -0.39 is 0 Å². The van der Waals surface area contributed by atoms with E-state index in [-0.39, 0.29) is 28.4 Å². The monoisotopic (exact) mass is 262 g/mol. The van der Waals surface area contributed by atoms with Gasteiger partial charge in [-0.3, -0.25) is 9.59 Å². The molecule has 19 heavy (non-hydrogen) atoms. The summed E-state index contributed by atoms with van der Waals surface area (Å²) < 4.78 is 0. The molecule has 1 aliphatic rings. The van der Waals surface area contributed by atoms with E-state index in [1.807, 2.05) is 0 Å². The van der Waals surface area contributed by atoms with Crippen LogP contribution in [0.25, 0.3) is 0 Å². The maximum atomic E-state index is 12.2. The van der Waals surface area contributed by atoms with Crippen LogP contribution in [0.5, 0.6) is 0 Å². The van der Waals surface area contributed by atoms with Crippen molar-refractivity contribution in [2.24, 2.45) is 5.41 Å². The Bertz CT molecular complexity index is 531. The number of hydrogen-bond donors (Lipinski definition) is 2. The summed E-state index contributed by atoms with van der Waals surface area (Å²) in [5.74, 6) is -0.263. The molecule has 104 valence electrons. The largest absolute Gasteiger partial charge is 0.364 e. The molecule has 2 rings (SSSR count). The zero-order valence-electron chi connectivity index (χ0n) is 11.9. The number of aromatic nitrogens is 1. The molecule has 0 bridgehead atoms. The van der Waals surface area contributed by atoms with E-state index in [0.717, 1.165) is 25.0 Å². The van der Waals surface area contributed by atoms with Crippen LogP contribution in [-0.4, -0.2) is 16.9 Å². The highest BCUT2D eigenvalue weighted by Crippen LogP contribution is 2.35. The van der Waals surface area contributed by atoms with Crippen LogP contribution in [-0.2, 0) is 0 Å². The highest BCUT2D eigenvalue weighted by molar-refractivity contribution is 5.94. The van der Waals surface area contributed by atoms with Crippen LogP contribution < -0.4 is 10.7 Å². The number of amides is 1. The fourth-order valence-corrected chi connectivity index (χ4v) is 2.75. The second kappa shape index (κ2) is 5.19. The third-order valence-electron chi connectivity index (χ3n) is 4.11. The Hall–Kier alpha value is -1.58. The quantitative estimate of drug-likeness (QED) is 0.859. The van der Waals surface area contributed by atoms with Crippen LogP contribution >= 0.6 is 0 Å². The first kappa shape index (κ1) is 13.8. The molecular weight excluding hydrogens is 240 g/mol. The molecular formula is C15H22N2O2. The number of H-pyrrole nitrogens is 1. The van der Waals surface area contributed by atoms with Gasteiger partial charge in [0, 0.05) is 24.0 Å². The summed E-state index contributed by atoms with van der Waals surface area (Å²) in [5, 5.41) is 3.03. The summed E-state index contributed by atoms with van der Waals surface area (Å²) in [7, 11) is 0. The van der Waals surface area contributed by atoms with Gasteiger partial charge in [0.25, 0.3) is 5.91 Å². The number of pyridine rings is 1. The summed E-state index contributed by atoms with van der Waals surface area (Å²) >= 11 is 0. The first-order valence-electron chi connectivity index (χ1n) is 6.90. The molecule has 0 aliphatic heterocycles. The van der Waals surface area contributed by atoms with Crippen LogP contribution in [0.2, 0.25) is 0 Å². The minimum Gasteiger partial charge on any atom is -0.364 e. The lowest BCUT2D eigenvalue weighted by Crippen LogP contribution is -2.47. The highest BCUT2D eigenvalue weighted by atomic mass is 16.2. The lowest BCUT2D eigenvalue weighted by atomic mass is 9.73. The van der Waals surface area contributed by atoms with Crippen molar-refractivity contribution in [1.82, 2.24) is 10.3 Å². The third kappa shape index (κ3) is 3.06. The fourth-order valence-electron chi connectivity index (χ4n) is 2.75. The molecule has 0 saturated heterocycles. The summed E-state index contributed by atoms with van der Waals surface area (Å²) in [6.07, 6.45) is 5.96. The molecule has 1 unspecified atom stereocenters. The van der Waals surface area contributed by atoms with Crippen molar-refractivity contribution >= 4 is 5.91 Å². The van der Waals surface area contributed by atoms with Gasteiger partial charge in [-0.25, -0.2) is 0 Å². The number of aromatic amines is 1. The lowest BCUT2D eigenvalue weighted by molar-refractivity contribution is 0.0852. The van der Waals surface area contributed by atoms with Gasteiger partial charge in [-0.1, -0.05) is 26.7 Å². The van der Waals surface area contributed by atoms with E-state index in [0.29, 0.717) is 0 Å². The van der Waals surface area contributed by atoms with E-state index in [1.54, 1.807) is 6.92 Å². The molecule has 0 aromatic carbocycles. The molecule has 1 aromatic heterocycles. The minimum absolute atomic E-state index is 0.103. The normalized spacial score (nSPS) is 21.9. The number of rotatable bonds is 2. The van der Waals surface area contributed by atoms with Crippen molar-refractivity contribution < 1.29 is 4.79 Å². The molecule has 1 aliphatic carbocycles. The van der Waals surface area contributed by atoms with Crippen LogP contribution in [0.3, 0.4) is 0 Å². The van der Waals surface area contributed by atoms with Crippen molar-refractivity contribution in [2.45, 2.75) is 52.5 Å². The van der Waals surface area contributed by atoms with Crippen molar-refractivity contribution in [3.05, 3.63) is 33.7 Å². The molecule has 1 atom stereocenters. The van der Waals surface area contributed by atoms with Gasteiger partial charge in [0.1, 0.15) is 5.56 Å². The number of nitrogens with one attached hydrogen (secondary N) is 2. The fraction of sp³-hybridized carbons (Fsp3) is 0.600. The Labute approximate surface area is 113 Å². The number of aryl methyl sites for hydroxylation is 1. The van der Waals surface area contributed by atoms with E-state index >= 15 is 0 Å². The van der Waals surface area contributed by atoms with Gasteiger partial charge in [0.15, 0.2) is 5.43 Å². The molecule has 0 radical (unpaired) electrons. The van der Waals surface area contributed by atoms with E-state index in [9.17, 15) is 9.59 Å². The van der Waals surface area contributed by atoms with Crippen LogP contribution in [0.4, 0.5) is 0 Å². The molecule has 4 heteroatoms. The average Bonchev–Trinajstić information content (AvgIpc) is 2.31. The summed E-state index contributed by atoms with van der Waals surface area (Å²) in [4.78, 5) is 26.9. The van der Waals surface area contributed by atoms with Crippen LogP contribution in [0, 0.1) is 12.3 Å². The Balaban J connectivity index is 2.14. The first-order chi connectivity index (χ1) is 8.90. The Morgan fingerprint density at radius 2 is 2.16 bits per heavy atom.